The number of aryl methyl sites for hydroxylation is 1. The van der Waals surface area contributed by atoms with Crippen molar-refractivity contribution in [1.82, 2.24) is 4.57 Å². The van der Waals surface area contributed by atoms with E-state index in [4.69, 9.17) is 4.74 Å². The van der Waals surface area contributed by atoms with Gasteiger partial charge in [0.2, 0.25) is 0 Å². The van der Waals surface area contributed by atoms with E-state index < -0.39 is 0 Å². The van der Waals surface area contributed by atoms with Gasteiger partial charge in [0.1, 0.15) is 0 Å². The molecule has 0 fully saturated rings. The summed E-state index contributed by atoms with van der Waals surface area (Å²) in [6, 6.07) is 21.9. The molecule has 0 atom stereocenters. The third kappa shape index (κ3) is 3.92. The first kappa shape index (κ1) is 18.9. The van der Waals surface area contributed by atoms with Crippen molar-refractivity contribution in [2.45, 2.75) is 25.8 Å². The molecule has 4 aromatic rings. The number of rotatable bonds is 9. The Hall–Kier alpha value is -3.40. The van der Waals surface area contributed by atoms with Crippen molar-refractivity contribution >= 4 is 33.9 Å². The normalized spacial score (nSPS) is 11.0. The molecule has 146 valence electrons. The fourth-order valence-corrected chi connectivity index (χ4v) is 3.87. The largest absolute Gasteiger partial charge is 0.468 e. The van der Waals surface area contributed by atoms with Crippen LogP contribution in [-0.2, 0) is 16.1 Å². The van der Waals surface area contributed by atoms with Gasteiger partial charge < -0.3 is 9.30 Å². The van der Waals surface area contributed by atoms with E-state index in [1.807, 2.05) is 66.9 Å². The quantitative estimate of drug-likeness (QED) is 0.221. The third-order valence-electron chi connectivity index (χ3n) is 5.30. The van der Waals surface area contributed by atoms with Crippen LogP contribution in [0.4, 0.5) is 0 Å². The van der Waals surface area contributed by atoms with E-state index in [2.05, 4.69) is 10.6 Å². The van der Waals surface area contributed by atoms with E-state index in [-0.39, 0.29) is 5.78 Å². The molecule has 4 nitrogen and oxygen atoms in total. The van der Waals surface area contributed by atoms with Crippen molar-refractivity contribution in [3.8, 4) is 0 Å². The summed E-state index contributed by atoms with van der Waals surface area (Å²) in [5.74, 6) is 0.0520. The lowest BCUT2D eigenvalue weighted by atomic mass is 9.97. The number of hydrogen-bond acceptors (Lipinski definition) is 3. The van der Waals surface area contributed by atoms with Crippen molar-refractivity contribution < 1.29 is 14.3 Å². The summed E-state index contributed by atoms with van der Waals surface area (Å²) in [5, 5.41) is 3.03. The molecule has 1 aromatic heterocycles. The summed E-state index contributed by atoms with van der Waals surface area (Å²) >= 11 is 0. The SMILES string of the molecule is O=COCCCCCn1cc(C(=O)c2cccc3ccccc23)c2ccccc21. The molecule has 0 amide bonds. The number of ketones is 1. The molecule has 3 aromatic carbocycles. The second kappa shape index (κ2) is 8.74. The number of para-hydroxylation sites is 1. The molecule has 0 saturated carbocycles. The summed E-state index contributed by atoms with van der Waals surface area (Å²) in [5.41, 5.74) is 2.54. The second-order valence-electron chi connectivity index (χ2n) is 7.14. The van der Waals surface area contributed by atoms with Crippen LogP contribution in [0, 0.1) is 0 Å². The van der Waals surface area contributed by atoms with Crippen LogP contribution in [0.1, 0.15) is 35.2 Å². The molecular formula is C25H23NO3. The van der Waals surface area contributed by atoms with E-state index in [1.165, 1.54) is 0 Å². The highest BCUT2D eigenvalue weighted by Gasteiger charge is 2.18. The van der Waals surface area contributed by atoms with Crippen LogP contribution < -0.4 is 0 Å². The molecule has 0 aliphatic rings. The molecule has 0 aliphatic carbocycles. The minimum atomic E-state index is 0.0520. The van der Waals surface area contributed by atoms with Gasteiger partial charge >= 0.3 is 0 Å². The zero-order valence-electron chi connectivity index (χ0n) is 16.2. The number of aromatic nitrogens is 1. The van der Waals surface area contributed by atoms with E-state index in [0.717, 1.165) is 58.6 Å². The number of nitrogens with zero attached hydrogens (tertiary/aromatic N) is 1. The Bertz CT molecular complexity index is 1150. The van der Waals surface area contributed by atoms with Gasteiger partial charge in [0.05, 0.1) is 6.61 Å². The monoisotopic (exact) mass is 385 g/mol. The van der Waals surface area contributed by atoms with Crippen LogP contribution >= 0.6 is 0 Å². The Labute approximate surface area is 169 Å². The van der Waals surface area contributed by atoms with Gasteiger partial charge in [-0.05, 0) is 36.1 Å². The number of fused-ring (bicyclic) bond motifs is 2. The fraction of sp³-hybridized carbons (Fsp3) is 0.200. The highest BCUT2D eigenvalue weighted by atomic mass is 16.5. The van der Waals surface area contributed by atoms with Crippen LogP contribution in [0.5, 0.6) is 0 Å². The lowest BCUT2D eigenvalue weighted by molar-refractivity contribution is -0.128. The maximum atomic E-state index is 13.5. The van der Waals surface area contributed by atoms with Crippen molar-refractivity contribution in [3.63, 3.8) is 0 Å². The molecule has 1 heterocycles. The average Bonchev–Trinajstić information content (AvgIpc) is 3.14. The van der Waals surface area contributed by atoms with Crippen LogP contribution in [-0.4, -0.2) is 23.4 Å². The smallest absolute Gasteiger partial charge is 0.293 e. The molecule has 0 saturated heterocycles. The molecule has 0 radical (unpaired) electrons. The summed E-state index contributed by atoms with van der Waals surface area (Å²) in [6.07, 6.45) is 4.76. The molecule has 0 unspecified atom stereocenters. The summed E-state index contributed by atoms with van der Waals surface area (Å²) in [4.78, 5) is 23.7. The Morgan fingerprint density at radius 3 is 2.45 bits per heavy atom. The van der Waals surface area contributed by atoms with Crippen molar-refractivity contribution in [3.05, 3.63) is 84.1 Å². The minimum Gasteiger partial charge on any atom is -0.468 e. The number of benzene rings is 3. The zero-order valence-corrected chi connectivity index (χ0v) is 16.2. The Kier molecular flexibility index (Phi) is 5.71. The lowest BCUT2D eigenvalue weighted by Crippen LogP contribution is -2.02. The topological polar surface area (TPSA) is 48.3 Å². The van der Waals surface area contributed by atoms with E-state index in [1.54, 1.807) is 0 Å². The van der Waals surface area contributed by atoms with E-state index >= 15 is 0 Å². The summed E-state index contributed by atoms with van der Waals surface area (Å²) in [7, 11) is 0. The molecule has 0 N–H and O–H groups in total. The van der Waals surface area contributed by atoms with Crippen molar-refractivity contribution in [2.75, 3.05) is 6.61 Å². The predicted molar refractivity (Wildman–Crippen MR) is 115 cm³/mol. The maximum Gasteiger partial charge on any atom is 0.293 e. The van der Waals surface area contributed by atoms with Gasteiger partial charge in [0.15, 0.2) is 5.78 Å². The predicted octanol–water partition coefficient (Wildman–Crippen LogP) is 5.37. The number of unbranched alkanes of at least 4 members (excludes halogenated alkanes) is 2. The molecule has 0 spiro atoms. The highest BCUT2D eigenvalue weighted by Crippen LogP contribution is 2.27. The Balaban J connectivity index is 1.63. The average molecular weight is 385 g/mol. The zero-order chi connectivity index (χ0) is 20.1. The van der Waals surface area contributed by atoms with Gasteiger partial charge in [0, 0.05) is 34.8 Å². The number of carbonyl (C=O) groups excluding carboxylic acids is 2. The van der Waals surface area contributed by atoms with E-state index in [0.29, 0.717) is 13.1 Å². The maximum absolute atomic E-state index is 13.5. The number of ether oxygens (including phenoxy) is 1. The Morgan fingerprint density at radius 2 is 1.59 bits per heavy atom. The summed E-state index contributed by atoms with van der Waals surface area (Å²) in [6.45, 7) is 1.77. The molecule has 4 heteroatoms. The third-order valence-corrected chi connectivity index (χ3v) is 5.30. The molecule has 0 aliphatic heterocycles. The van der Waals surface area contributed by atoms with Crippen LogP contribution in [0.25, 0.3) is 21.7 Å². The van der Waals surface area contributed by atoms with Crippen molar-refractivity contribution in [2.24, 2.45) is 0 Å². The van der Waals surface area contributed by atoms with Crippen LogP contribution in [0.15, 0.2) is 72.9 Å². The van der Waals surface area contributed by atoms with Gasteiger partial charge in [0.25, 0.3) is 6.47 Å². The first-order chi connectivity index (χ1) is 14.3. The molecule has 29 heavy (non-hydrogen) atoms. The Morgan fingerprint density at radius 1 is 0.828 bits per heavy atom. The van der Waals surface area contributed by atoms with Gasteiger partial charge in [-0.3, -0.25) is 9.59 Å². The van der Waals surface area contributed by atoms with Crippen LogP contribution in [0.2, 0.25) is 0 Å². The van der Waals surface area contributed by atoms with Gasteiger partial charge in [-0.15, -0.1) is 0 Å². The van der Waals surface area contributed by atoms with Gasteiger partial charge in [-0.25, -0.2) is 0 Å². The van der Waals surface area contributed by atoms with Crippen LogP contribution in [0.3, 0.4) is 0 Å². The number of hydrogen-bond donors (Lipinski definition) is 0. The highest BCUT2D eigenvalue weighted by molar-refractivity contribution is 6.21. The first-order valence-corrected chi connectivity index (χ1v) is 9.95. The van der Waals surface area contributed by atoms with Gasteiger partial charge in [-0.2, -0.15) is 0 Å². The summed E-state index contributed by atoms with van der Waals surface area (Å²) < 4.78 is 6.90. The standard InChI is InChI=1S/C25H23NO3/c27-18-29-16-7-1-6-15-26-17-23(21-12-4-5-14-24(21)26)25(28)22-13-8-10-19-9-2-3-11-20(19)22/h2-5,8-14,17-18H,1,6-7,15-16H2. The second-order valence-corrected chi connectivity index (χ2v) is 7.14. The van der Waals surface area contributed by atoms with Crippen molar-refractivity contribution in [1.29, 1.82) is 0 Å². The number of carbonyl (C=O) groups is 2. The van der Waals surface area contributed by atoms with Gasteiger partial charge in [-0.1, -0.05) is 60.7 Å². The first-order valence-electron chi connectivity index (χ1n) is 9.95. The minimum absolute atomic E-state index is 0.0520. The lowest BCUT2D eigenvalue weighted by Gasteiger charge is -2.05. The molecule has 0 bridgehead atoms. The molecular weight excluding hydrogens is 362 g/mol. The fourth-order valence-electron chi connectivity index (χ4n) is 3.87. The van der Waals surface area contributed by atoms with E-state index in [9.17, 15) is 9.59 Å². The molecule has 4 rings (SSSR count).